The molecule has 116 valence electrons. The second-order valence-corrected chi connectivity index (χ2v) is 7.07. The molecular formula is C12H15BrN2O5S. The van der Waals surface area contributed by atoms with Gasteiger partial charge in [-0.2, -0.15) is 0 Å². The van der Waals surface area contributed by atoms with Gasteiger partial charge in [0.15, 0.2) is 0 Å². The minimum atomic E-state index is -3.80. The number of carbonyl (C=O) groups excluding carboxylic acids is 1. The number of hydrogen-bond donors (Lipinski definition) is 2. The van der Waals surface area contributed by atoms with Gasteiger partial charge in [0, 0.05) is 31.5 Å². The van der Waals surface area contributed by atoms with Crippen LogP contribution in [-0.2, 0) is 14.8 Å². The van der Waals surface area contributed by atoms with Crippen LogP contribution in [0.1, 0.15) is 16.8 Å². The van der Waals surface area contributed by atoms with Crippen molar-refractivity contribution in [1.82, 2.24) is 9.62 Å². The topological polar surface area (TPSA) is 104 Å². The molecule has 1 amide bonds. The Morgan fingerprint density at radius 2 is 2.00 bits per heavy atom. The molecule has 0 heterocycles. The van der Waals surface area contributed by atoms with Crippen LogP contribution in [0.4, 0.5) is 0 Å². The third-order valence-corrected chi connectivity index (χ3v) is 5.63. The Hall–Kier alpha value is -1.45. The molecule has 1 rings (SSSR count). The Bertz CT molecular complexity index is 660. The zero-order chi connectivity index (χ0) is 16.2. The quantitative estimate of drug-likeness (QED) is 0.765. The van der Waals surface area contributed by atoms with Crippen molar-refractivity contribution in [2.24, 2.45) is 0 Å². The van der Waals surface area contributed by atoms with Crippen molar-refractivity contribution >= 4 is 37.8 Å². The summed E-state index contributed by atoms with van der Waals surface area (Å²) in [6.07, 6.45) is 0.0387. The van der Waals surface area contributed by atoms with Crippen molar-refractivity contribution in [1.29, 1.82) is 0 Å². The van der Waals surface area contributed by atoms with Crippen LogP contribution in [0, 0.1) is 0 Å². The summed E-state index contributed by atoms with van der Waals surface area (Å²) in [6, 6.07) is 3.66. The third-order valence-electron chi connectivity index (χ3n) is 2.80. The maximum Gasteiger partial charge on any atom is 0.335 e. The second-order valence-electron chi connectivity index (χ2n) is 4.20. The highest BCUT2D eigenvalue weighted by atomic mass is 79.9. The average Bonchev–Trinajstić information content (AvgIpc) is 2.43. The number of hydrogen-bond acceptors (Lipinski definition) is 4. The van der Waals surface area contributed by atoms with Crippen LogP contribution >= 0.6 is 15.9 Å². The van der Waals surface area contributed by atoms with Crippen LogP contribution in [-0.4, -0.2) is 50.3 Å². The minimum Gasteiger partial charge on any atom is -0.478 e. The zero-order valence-electron chi connectivity index (χ0n) is 11.5. The Kier molecular flexibility index (Phi) is 5.87. The normalized spacial score (nSPS) is 11.4. The van der Waals surface area contributed by atoms with E-state index in [4.69, 9.17) is 5.11 Å². The summed E-state index contributed by atoms with van der Waals surface area (Å²) in [7, 11) is -0.975. The smallest absolute Gasteiger partial charge is 0.335 e. The van der Waals surface area contributed by atoms with E-state index in [-0.39, 0.29) is 33.8 Å². The van der Waals surface area contributed by atoms with Crippen molar-refractivity contribution in [3.05, 3.63) is 28.2 Å². The molecule has 0 saturated heterocycles. The summed E-state index contributed by atoms with van der Waals surface area (Å²) in [5.41, 5.74) is -0.0196. The maximum atomic E-state index is 12.4. The SMILES string of the molecule is CNC(=O)CCN(C)S(=O)(=O)c1ccc(C(=O)O)cc1Br. The lowest BCUT2D eigenvalue weighted by Crippen LogP contribution is -2.31. The largest absolute Gasteiger partial charge is 0.478 e. The third kappa shape index (κ3) is 4.26. The molecule has 9 heteroatoms. The molecule has 0 aliphatic heterocycles. The average molecular weight is 379 g/mol. The van der Waals surface area contributed by atoms with Crippen LogP contribution in [0.2, 0.25) is 0 Å². The fraction of sp³-hybridized carbons (Fsp3) is 0.333. The number of carboxylic acids is 1. The summed E-state index contributed by atoms with van der Waals surface area (Å²) in [5, 5.41) is 11.3. The molecule has 21 heavy (non-hydrogen) atoms. The van der Waals surface area contributed by atoms with E-state index in [9.17, 15) is 18.0 Å². The van der Waals surface area contributed by atoms with Crippen molar-refractivity contribution < 1.29 is 23.1 Å². The molecule has 0 aromatic heterocycles. The fourth-order valence-corrected chi connectivity index (χ4v) is 3.72. The van der Waals surface area contributed by atoms with Gasteiger partial charge in [0.05, 0.1) is 10.5 Å². The molecule has 0 fully saturated rings. The van der Waals surface area contributed by atoms with E-state index in [2.05, 4.69) is 21.2 Å². The molecule has 0 unspecified atom stereocenters. The molecule has 1 aromatic rings. The Labute approximate surface area is 131 Å². The van der Waals surface area contributed by atoms with Gasteiger partial charge in [-0.05, 0) is 34.1 Å². The first-order chi connectivity index (χ1) is 9.70. The summed E-state index contributed by atoms with van der Waals surface area (Å²) in [5.74, 6) is -1.41. The van der Waals surface area contributed by atoms with Crippen LogP contribution in [0.15, 0.2) is 27.6 Å². The number of rotatable bonds is 6. The van der Waals surface area contributed by atoms with Crippen LogP contribution in [0.3, 0.4) is 0 Å². The lowest BCUT2D eigenvalue weighted by atomic mass is 10.2. The number of benzene rings is 1. The van der Waals surface area contributed by atoms with Gasteiger partial charge in [-0.15, -0.1) is 0 Å². The predicted molar refractivity (Wildman–Crippen MR) is 79.6 cm³/mol. The van der Waals surface area contributed by atoms with Gasteiger partial charge >= 0.3 is 5.97 Å². The van der Waals surface area contributed by atoms with Crippen molar-refractivity contribution in [3.8, 4) is 0 Å². The summed E-state index contributed by atoms with van der Waals surface area (Å²) < 4.78 is 25.9. The number of nitrogens with one attached hydrogen (secondary N) is 1. The molecule has 0 bridgehead atoms. The Morgan fingerprint density at radius 3 is 2.48 bits per heavy atom. The summed E-state index contributed by atoms with van der Waals surface area (Å²) in [4.78, 5) is 21.9. The molecule has 0 atom stereocenters. The van der Waals surface area contributed by atoms with E-state index in [0.29, 0.717) is 0 Å². The van der Waals surface area contributed by atoms with E-state index in [1.54, 1.807) is 0 Å². The first kappa shape index (κ1) is 17.6. The second kappa shape index (κ2) is 7.01. The predicted octanol–water partition coefficient (Wildman–Crippen LogP) is 0.904. The van der Waals surface area contributed by atoms with Crippen LogP contribution in [0.5, 0.6) is 0 Å². The molecule has 7 nitrogen and oxygen atoms in total. The lowest BCUT2D eigenvalue weighted by Gasteiger charge is -2.17. The number of nitrogens with zero attached hydrogens (tertiary/aromatic N) is 1. The maximum absolute atomic E-state index is 12.4. The number of carboxylic acid groups (broad SMARTS) is 1. The molecule has 0 radical (unpaired) electrons. The van der Waals surface area contributed by atoms with Crippen LogP contribution < -0.4 is 5.32 Å². The molecule has 0 aliphatic carbocycles. The van der Waals surface area contributed by atoms with E-state index in [0.717, 1.165) is 4.31 Å². The minimum absolute atomic E-state index is 0.0196. The van der Waals surface area contributed by atoms with E-state index in [1.165, 1.54) is 32.3 Å². The first-order valence-corrected chi connectivity index (χ1v) is 8.13. The van der Waals surface area contributed by atoms with Gasteiger partial charge in [-0.25, -0.2) is 17.5 Å². The summed E-state index contributed by atoms with van der Waals surface area (Å²) in [6.45, 7) is 0.0229. The molecular weight excluding hydrogens is 364 g/mol. The number of aromatic carboxylic acids is 1. The van der Waals surface area contributed by atoms with Crippen LogP contribution in [0.25, 0.3) is 0 Å². The molecule has 2 N–H and O–H groups in total. The Morgan fingerprint density at radius 1 is 1.38 bits per heavy atom. The van der Waals surface area contributed by atoms with Gasteiger partial charge in [-0.1, -0.05) is 0 Å². The molecule has 0 spiro atoms. The highest BCUT2D eigenvalue weighted by molar-refractivity contribution is 9.10. The van der Waals surface area contributed by atoms with Gasteiger partial charge in [0.25, 0.3) is 0 Å². The highest BCUT2D eigenvalue weighted by Gasteiger charge is 2.24. The highest BCUT2D eigenvalue weighted by Crippen LogP contribution is 2.25. The number of carbonyl (C=O) groups is 2. The van der Waals surface area contributed by atoms with Crippen molar-refractivity contribution in [2.45, 2.75) is 11.3 Å². The standard InChI is InChI=1S/C12H15BrN2O5S/c1-14-11(16)5-6-15(2)21(19,20)10-4-3-8(12(17)18)7-9(10)13/h3-4,7H,5-6H2,1-2H3,(H,14,16)(H,17,18). The van der Waals surface area contributed by atoms with Gasteiger partial charge < -0.3 is 10.4 Å². The first-order valence-electron chi connectivity index (χ1n) is 5.90. The van der Waals surface area contributed by atoms with Gasteiger partial charge in [0.1, 0.15) is 0 Å². The van der Waals surface area contributed by atoms with E-state index >= 15 is 0 Å². The fourth-order valence-electron chi connectivity index (χ4n) is 1.52. The molecule has 0 saturated carbocycles. The van der Waals surface area contributed by atoms with Crippen molar-refractivity contribution in [2.75, 3.05) is 20.6 Å². The zero-order valence-corrected chi connectivity index (χ0v) is 13.9. The number of sulfonamides is 1. The van der Waals surface area contributed by atoms with Gasteiger partial charge in [-0.3, -0.25) is 4.79 Å². The summed E-state index contributed by atoms with van der Waals surface area (Å²) >= 11 is 3.06. The van der Waals surface area contributed by atoms with E-state index in [1.807, 2.05) is 0 Å². The molecule has 1 aromatic carbocycles. The number of halogens is 1. The van der Waals surface area contributed by atoms with Crippen molar-refractivity contribution in [3.63, 3.8) is 0 Å². The number of amides is 1. The molecule has 0 aliphatic rings. The Balaban J connectivity index is 3.02. The van der Waals surface area contributed by atoms with Gasteiger partial charge in [0.2, 0.25) is 15.9 Å². The monoisotopic (exact) mass is 378 g/mol. The lowest BCUT2D eigenvalue weighted by molar-refractivity contribution is -0.120. The van der Waals surface area contributed by atoms with E-state index < -0.39 is 16.0 Å².